The van der Waals surface area contributed by atoms with Crippen LogP contribution in [0, 0.1) is 0 Å². The SMILES string of the molecule is CC(C)NC1(C(N)=O)CCCC(N2CCCC2(C)C)C1. The minimum absolute atomic E-state index is 0.173. The molecule has 1 heterocycles. The molecule has 0 aromatic rings. The third kappa shape index (κ3) is 3.01. The number of nitrogens with zero attached hydrogens (tertiary/aromatic N) is 1. The van der Waals surface area contributed by atoms with Crippen molar-refractivity contribution in [2.75, 3.05) is 6.54 Å². The van der Waals surface area contributed by atoms with E-state index < -0.39 is 5.54 Å². The van der Waals surface area contributed by atoms with E-state index in [0.717, 1.165) is 25.8 Å². The summed E-state index contributed by atoms with van der Waals surface area (Å²) in [7, 11) is 0. The van der Waals surface area contributed by atoms with Gasteiger partial charge in [-0.1, -0.05) is 0 Å². The number of carbonyl (C=O) groups is 1. The van der Waals surface area contributed by atoms with Gasteiger partial charge in [0, 0.05) is 17.6 Å². The van der Waals surface area contributed by atoms with Crippen molar-refractivity contribution in [1.29, 1.82) is 0 Å². The molecule has 0 radical (unpaired) electrons. The fraction of sp³-hybridized carbons (Fsp3) is 0.938. The minimum atomic E-state index is -0.504. The molecule has 2 unspecified atom stereocenters. The Morgan fingerprint density at radius 2 is 2.00 bits per heavy atom. The van der Waals surface area contributed by atoms with Crippen LogP contribution >= 0.6 is 0 Å². The third-order valence-corrected chi connectivity index (χ3v) is 5.17. The van der Waals surface area contributed by atoms with E-state index in [-0.39, 0.29) is 17.5 Å². The Balaban J connectivity index is 2.15. The molecule has 116 valence electrons. The summed E-state index contributed by atoms with van der Waals surface area (Å²) < 4.78 is 0. The standard InChI is InChI=1S/C16H31N3O/c1-12(2)18-16(14(17)20)9-5-7-13(11-16)19-10-6-8-15(19,3)4/h12-13,18H,5-11H2,1-4H3,(H2,17,20). The predicted octanol–water partition coefficient (Wildman–Crippen LogP) is 2.03. The molecule has 1 saturated heterocycles. The summed E-state index contributed by atoms with van der Waals surface area (Å²) in [5.41, 5.74) is 5.52. The molecule has 1 amide bonds. The second-order valence-corrected chi connectivity index (χ2v) is 7.60. The van der Waals surface area contributed by atoms with Crippen LogP contribution < -0.4 is 11.1 Å². The van der Waals surface area contributed by atoms with Crippen LogP contribution in [0.15, 0.2) is 0 Å². The lowest BCUT2D eigenvalue weighted by molar-refractivity contribution is -0.127. The maximum Gasteiger partial charge on any atom is 0.237 e. The van der Waals surface area contributed by atoms with Crippen molar-refractivity contribution in [2.45, 2.75) is 89.4 Å². The minimum Gasteiger partial charge on any atom is -0.368 e. The Labute approximate surface area is 123 Å². The van der Waals surface area contributed by atoms with E-state index in [1.165, 1.54) is 19.3 Å². The van der Waals surface area contributed by atoms with Gasteiger partial charge in [-0.05, 0) is 72.8 Å². The van der Waals surface area contributed by atoms with Crippen LogP contribution in [-0.2, 0) is 4.79 Å². The summed E-state index contributed by atoms with van der Waals surface area (Å²) in [5, 5.41) is 3.47. The van der Waals surface area contributed by atoms with Crippen LogP contribution in [0.25, 0.3) is 0 Å². The van der Waals surface area contributed by atoms with Gasteiger partial charge in [0.05, 0.1) is 5.54 Å². The van der Waals surface area contributed by atoms with Gasteiger partial charge in [0.25, 0.3) is 0 Å². The van der Waals surface area contributed by atoms with E-state index >= 15 is 0 Å². The molecule has 0 aromatic carbocycles. The van der Waals surface area contributed by atoms with Gasteiger partial charge in [0.15, 0.2) is 0 Å². The molecule has 0 aromatic heterocycles. The van der Waals surface area contributed by atoms with Gasteiger partial charge in [0.1, 0.15) is 0 Å². The second-order valence-electron chi connectivity index (χ2n) is 7.60. The van der Waals surface area contributed by atoms with Crippen LogP contribution in [0.5, 0.6) is 0 Å². The van der Waals surface area contributed by atoms with Crippen molar-refractivity contribution in [3.8, 4) is 0 Å². The number of hydrogen-bond acceptors (Lipinski definition) is 3. The summed E-state index contributed by atoms with van der Waals surface area (Å²) in [5.74, 6) is -0.173. The number of rotatable bonds is 4. The van der Waals surface area contributed by atoms with Gasteiger partial charge >= 0.3 is 0 Å². The number of nitrogens with two attached hydrogens (primary N) is 1. The Hall–Kier alpha value is -0.610. The number of nitrogens with one attached hydrogen (secondary N) is 1. The molecule has 1 saturated carbocycles. The molecule has 2 fully saturated rings. The fourth-order valence-electron chi connectivity index (χ4n) is 4.30. The van der Waals surface area contributed by atoms with Crippen LogP contribution in [0.4, 0.5) is 0 Å². The van der Waals surface area contributed by atoms with E-state index in [1.54, 1.807) is 0 Å². The summed E-state index contributed by atoms with van der Waals surface area (Å²) in [6, 6.07) is 0.771. The smallest absolute Gasteiger partial charge is 0.237 e. The number of carbonyl (C=O) groups excluding carboxylic acids is 1. The molecule has 2 rings (SSSR count). The fourth-order valence-corrected chi connectivity index (χ4v) is 4.30. The van der Waals surface area contributed by atoms with Crippen molar-refractivity contribution in [3.63, 3.8) is 0 Å². The maximum absolute atomic E-state index is 12.1. The Morgan fingerprint density at radius 1 is 1.30 bits per heavy atom. The molecule has 4 nitrogen and oxygen atoms in total. The zero-order valence-corrected chi connectivity index (χ0v) is 13.5. The highest BCUT2D eigenvalue weighted by molar-refractivity contribution is 5.85. The molecule has 2 atom stereocenters. The van der Waals surface area contributed by atoms with Gasteiger partial charge in [-0.25, -0.2) is 0 Å². The second kappa shape index (κ2) is 5.64. The quantitative estimate of drug-likeness (QED) is 0.829. The zero-order valence-electron chi connectivity index (χ0n) is 13.5. The first-order valence-corrected chi connectivity index (χ1v) is 8.11. The number of likely N-dealkylation sites (tertiary alicyclic amines) is 1. The van der Waals surface area contributed by atoms with Gasteiger partial charge in [-0.15, -0.1) is 0 Å². The highest BCUT2D eigenvalue weighted by Gasteiger charge is 2.46. The van der Waals surface area contributed by atoms with Crippen LogP contribution in [0.3, 0.4) is 0 Å². The topological polar surface area (TPSA) is 58.4 Å². The largest absolute Gasteiger partial charge is 0.368 e. The lowest BCUT2D eigenvalue weighted by Crippen LogP contribution is -2.63. The van der Waals surface area contributed by atoms with Gasteiger partial charge in [-0.2, -0.15) is 0 Å². The molecule has 4 heteroatoms. The molecule has 0 spiro atoms. The summed E-state index contributed by atoms with van der Waals surface area (Å²) in [6.45, 7) is 10.0. The van der Waals surface area contributed by atoms with Crippen LogP contribution in [-0.4, -0.2) is 40.5 Å². The monoisotopic (exact) mass is 281 g/mol. The van der Waals surface area contributed by atoms with E-state index in [1.807, 2.05) is 0 Å². The van der Waals surface area contributed by atoms with Crippen molar-refractivity contribution in [3.05, 3.63) is 0 Å². The number of hydrogen-bond donors (Lipinski definition) is 2. The molecule has 1 aliphatic heterocycles. The molecule has 2 aliphatic rings. The molecule has 1 aliphatic carbocycles. The third-order valence-electron chi connectivity index (χ3n) is 5.17. The first-order valence-electron chi connectivity index (χ1n) is 8.11. The van der Waals surface area contributed by atoms with Crippen molar-refractivity contribution >= 4 is 5.91 Å². The summed E-state index contributed by atoms with van der Waals surface area (Å²) >= 11 is 0. The maximum atomic E-state index is 12.1. The molecule has 20 heavy (non-hydrogen) atoms. The predicted molar refractivity (Wildman–Crippen MR) is 82.5 cm³/mol. The van der Waals surface area contributed by atoms with Gasteiger partial charge < -0.3 is 11.1 Å². The molecular weight excluding hydrogens is 250 g/mol. The normalized spacial score (nSPS) is 34.5. The van der Waals surface area contributed by atoms with E-state index in [4.69, 9.17) is 5.73 Å². The average molecular weight is 281 g/mol. The van der Waals surface area contributed by atoms with Crippen molar-refractivity contribution in [1.82, 2.24) is 10.2 Å². The zero-order chi connectivity index (χ0) is 15.0. The van der Waals surface area contributed by atoms with Crippen LogP contribution in [0.1, 0.15) is 66.2 Å². The first-order chi connectivity index (χ1) is 9.27. The average Bonchev–Trinajstić information content (AvgIpc) is 2.68. The van der Waals surface area contributed by atoms with Crippen molar-refractivity contribution < 1.29 is 4.79 Å². The van der Waals surface area contributed by atoms with Gasteiger partial charge in [-0.3, -0.25) is 9.69 Å². The summed E-state index contributed by atoms with van der Waals surface area (Å²) in [4.78, 5) is 14.7. The highest BCUT2D eigenvalue weighted by atomic mass is 16.1. The van der Waals surface area contributed by atoms with E-state index in [0.29, 0.717) is 6.04 Å². The van der Waals surface area contributed by atoms with E-state index in [2.05, 4.69) is 37.9 Å². The van der Waals surface area contributed by atoms with E-state index in [9.17, 15) is 4.79 Å². The first kappa shape index (κ1) is 15.8. The number of amides is 1. The van der Waals surface area contributed by atoms with Gasteiger partial charge in [0.2, 0.25) is 5.91 Å². The number of primary amides is 1. The van der Waals surface area contributed by atoms with Crippen LogP contribution in [0.2, 0.25) is 0 Å². The molecular formula is C16H31N3O. The molecule has 0 bridgehead atoms. The Kier molecular flexibility index (Phi) is 4.45. The Morgan fingerprint density at radius 3 is 2.50 bits per heavy atom. The lowest BCUT2D eigenvalue weighted by Gasteiger charge is -2.47. The summed E-state index contributed by atoms with van der Waals surface area (Å²) in [6.07, 6.45) is 6.54. The van der Waals surface area contributed by atoms with Crippen molar-refractivity contribution in [2.24, 2.45) is 5.73 Å². The lowest BCUT2D eigenvalue weighted by atomic mass is 9.76. The Bertz CT molecular complexity index is 367. The highest BCUT2D eigenvalue weighted by Crippen LogP contribution is 2.38. The molecule has 3 N–H and O–H groups in total.